The summed E-state index contributed by atoms with van der Waals surface area (Å²) in [5.74, 6) is -0.658. The summed E-state index contributed by atoms with van der Waals surface area (Å²) >= 11 is 0. The fourth-order valence-electron chi connectivity index (χ4n) is 1.35. The Labute approximate surface area is 99.5 Å². The van der Waals surface area contributed by atoms with Crippen LogP contribution in [0.2, 0.25) is 0 Å². The van der Waals surface area contributed by atoms with Crippen LogP contribution in [-0.4, -0.2) is 18.7 Å². The van der Waals surface area contributed by atoms with Crippen LogP contribution in [0.5, 0.6) is 5.75 Å². The second-order valence-corrected chi connectivity index (χ2v) is 3.43. The summed E-state index contributed by atoms with van der Waals surface area (Å²) < 4.78 is 23.5. The molecule has 0 saturated heterocycles. The van der Waals surface area contributed by atoms with Crippen LogP contribution in [0.4, 0.5) is 4.39 Å². The van der Waals surface area contributed by atoms with Gasteiger partial charge in [-0.15, -0.1) is 0 Å². The van der Waals surface area contributed by atoms with Gasteiger partial charge >= 0.3 is 5.97 Å². The standard InChI is InChI=1S/C12H16FNO3/c1-3-16-12(15)8(2)17-11-6-4-5-10(13)9(11)7-14/h4-6,8H,3,7,14H2,1-2H3. The molecule has 0 bridgehead atoms. The first-order valence-electron chi connectivity index (χ1n) is 5.40. The van der Waals surface area contributed by atoms with Crippen LogP contribution < -0.4 is 10.5 Å². The smallest absolute Gasteiger partial charge is 0.347 e. The number of ether oxygens (including phenoxy) is 2. The van der Waals surface area contributed by atoms with Crippen molar-refractivity contribution >= 4 is 5.97 Å². The lowest BCUT2D eigenvalue weighted by molar-refractivity contribution is -0.150. The van der Waals surface area contributed by atoms with Gasteiger partial charge in [0.2, 0.25) is 0 Å². The van der Waals surface area contributed by atoms with Crippen molar-refractivity contribution < 1.29 is 18.7 Å². The minimum atomic E-state index is -0.790. The first-order valence-corrected chi connectivity index (χ1v) is 5.40. The van der Waals surface area contributed by atoms with E-state index in [9.17, 15) is 9.18 Å². The van der Waals surface area contributed by atoms with Gasteiger partial charge in [0.1, 0.15) is 11.6 Å². The number of nitrogens with two attached hydrogens (primary N) is 1. The zero-order valence-corrected chi connectivity index (χ0v) is 9.90. The number of carbonyl (C=O) groups is 1. The Kier molecular flexibility index (Phi) is 4.90. The first kappa shape index (κ1) is 13.4. The molecule has 1 rings (SSSR count). The number of carbonyl (C=O) groups excluding carboxylic acids is 1. The molecular weight excluding hydrogens is 225 g/mol. The monoisotopic (exact) mass is 241 g/mol. The lowest BCUT2D eigenvalue weighted by atomic mass is 10.2. The predicted octanol–water partition coefficient (Wildman–Crippen LogP) is 1.61. The minimum Gasteiger partial charge on any atom is -0.479 e. The van der Waals surface area contributed by atoms with Crippen LogP contribution in [0.1, 0.15) is 19.4 Å². The van der Waals surface area contributed by atoms with E-state index in [1.54, 1.807) is 19.9 Å². The van der Waals surface area contributed by atoms with Gasteiger partial charge in [0.15, 0.2) is 6.10 Å². The molecule has 4 nitrogen and oxygen atoms in total. The quantitative estimate of drug-likeness (QED) is 0.796. The van der Waals surface area contributed by atoms with Crippen molar-refractivity contribution in [1.82, 2.24) is 0 Å². The normalized spacial score (nSPS) is 12.0. The zero-order valence-electron chi connectivity index (χ0n) is 9.90. The highest BCUT2D eigenvalue weighted by Gasteiger charge is 2.18. The highest BCUT2D eigenvalue weighted by atomic mass is 19.1. The molecule has 94 valence electrons. The highest BCUT2D eigenvalue weighted by molar-refractivity contribution is 5.74. The molecule has 2 N–H and O–H groups in total. The Bertz CT molecular complexity index is 395. The minimum absolute atomic E-state index is 0.0115. The maximum Gasteiger partial charge on any atom is 0.347 e. The Balaban J connectivity index is 2.81. The Morgan fingerprint density at radius 1 is 1.53 bits per heavy atom. The summed E-state index contributed by atoms with van der Waals surface area (Å²) in [6, 6.07) is 4.37. The molecule has 5 heteroatoms. The van der Waals surface area contributed by atoms with Crippen molar-refractivity contribution in [1.29, 1.82) is 0 Å². The molecule has 0 heterocycles. The molecule has 1 atom stereocenters. The topological polar surface area (TPSA) is 61.5 Å². The van der Waals surface area contributed by atoms with Crippen LogP contribution in [0.25, 0.3) is 0 Å². The number of hydrogen-bond donors (Lipinski definition) is 1. The van der Waals surface area contributed by atoms with Crippen LogP contribution in [0, 0.1) is 5.82 Å². The maximum atomic E-state index is 13.4. The van der Waals surface area contributed by atoms with Gasteiger partial charge in [0, 0.05) is 12.1 Å². The van der Waals surface area contributed by atoms with Gasteiger partial charge in [-0.25, -0.2) is 9.18 Å². The fourth-order valence-corrected chi connectivity index (χ4v) is 1.35. The SMILES string of the molecule is CCOC(=O)C(C)Oc1cccc(F)c1CN. The Hall–Kier alpha value is -1.62. The third-order valence-corrected chi connectivity index (χ3v) is 2.20. The van der Waals surface area contributed by atoms with Gasteiger partial charge < -0.3 is 15.2 Å². The van der Waals surface area contributed by atoms with E-state index in [4.69, 9.17) is 15.2 Å². The number of rotatable bonds is 5. The number of benzene rings is 1. The molecule has 0 aliphatic carbocycles. The lowest BCUT2D eigenvalue weighted by Crippen LogP contribution is -2.26. The number of esters is 1. The zero-order chi connectivity index (χ0) is 12.8. The van der Waals surface area contributed by atoms with Crippen molar-refractivity contribution in [2.75, 3.05) is 6.61 Å². The van der Waals surface area contributed by atoms with Crippen LogP contribution in [-0.2, 0) is 16.1 Å². The third kappa shape index (κ3) is 3.42. The van der Waals surface area contributed by atoms with Crippen LogP contribution in [0.15, 0.2) is 18.2 Å². The molecule has 1 unspecified atom stereocenters. The second kappa shape index (κ2) is 6.20. The molecule has 1 aromatic rings. The van der Waals surface area contributed by atoms with Crippen molar-refractivity contribution in [3.05, 3.63) is 29.6 Å². The van der Waals surface area contributed by atoms with Gasteiger partial charge in [-0.1, -0.05) is 6.07 Å². The highest BCUT2D eigenvalue weighted by Crippen LogP contribution is 2.22. The fraction of sp³-hybridized carbons (Fsp3) is 0.417. The van der Waals surface area contributed by atoms with E-state index >= 15 is 0 Å². The van der Waals surface area contributed by atoms with Crippen molar-refractivity contribution in [3.8, 4) is 5.75 Å². The van der Waals surface area contributed by atoms with E-state index in [-0.39, 0.29) is 24.5 Å². The molecule has 0 aliphatic rings. The van der Waals surface area contributed by atoms with Crippen LogP contribution in [0.3, 0.4) is 0 Å². The second-order valence-electron chi connectivity index (χ2n) is 3.43. The third-order valence-electron chi connectivity index (χ3n) is 2.20. The molecule has 0 amide bonds. The summed E-state index contributed by atoms with van der Waals surface area (Å²) in [6.07, 6.45) is -0.790. The molecule has 0 radical (unpaired) electrons. The lowest BCUT2D eigenvalue weighted by Gasteiger charge is -2.16. The maximum absolute atomic E-state index is 13.4. The molecule has 17 heavy (non-hydrogen) atoms. The van der Waals surface area contributed by atoms with E-state index < -0.39 is 17.9 Å². The van der Waals surface area contributed by atoms with Gasteiger partial charge in [-0.2, -0.15) is 0 Å². The molecule has 0 fully saturated rings. The molecule has 0 saturated carbocycles. The van der Waals surface area contributed by atoms with Gasteiger partial charge in [-0.05, 0) is 26.0 Å². The first-order chi connectivity index (χ1) is 8.10. The predicted molar refractivity (Wildman–Crippen MR) is 61.0 cm³/mol. The van der Waals surface area contributed by atoms with Crippen molar-refractivity contribution in [2.24, 2.45) is 5.73 Å². The van der Waals surface area contributed by atoms with E-state index in [1.165, 1.54) is 12.1 Å². The van der Waals surface area contributed by atoms with E-state index in [0.29, 0.717) is 0 Å². The molecular formula is C12H16FNO3. The van der Waals surface area contributed by atoms with E-state index in [0.717, 1.165) is 0 Å². The van der Waals surface area contributed by atoms with Crippen molar-refractivity contribution in [3.63, 3.8) is 0 Å². The molecule has 1 aromatic carbocycles. The summed E-state index contributed by atoms with van der Waals surface area (Å²) in [7, 11) is 0. The summed E-state index contributed by atoms with van der Waals surface area (Å²) in [4.78, 5) is 11.4. The Morgan fingerprint density at radius 2 is 2.24 bits per heavy atom. The molecule has 0 aliphatic heterocycles. The van der Waals surface area contributed by atoms with Gasteiger partial charge in [-0.3, -0.25) is 0 Å². The van der Waals surface area contributed by atoms with Gasteiger partial charge in [0.05, 0.1) is 6.61 Å². The average molecular weight is 241 g/mol. The molecule has 0 spiro atoms. The van der Waals surface area contributed by atoms with Crippen molar-refractivity contribution in [2.45, 2.75) is 26.5 Å². The largest absolute Gasteiger partial charge is 0.479 e. The summed E-state index contributed by atoms with van der Waals surface area (Å²) in [5.41, 5.74) is 5.68. The van der Waals surface area contributed by atoms with E-state index in [1.807, 2.05) is 0 Å². The summed E-state index contributed by atoms with van der Waals surface area (Å²) in [5, 5.41) is 0. The van der Waals surface area contributed by atoms with E-state index in [2.05, 4.69) is 0 Å². The number of hydrogen-bond acceptors (Lipinski definition) is 4. The average Bonchev–Trinajstić information content (AvgIpc) is 2.29. The summed E-state index contributed by atoms with van der Waals surface area (Å²) in [6.45, 7) is 3.54. The molecule has 0 aromatic heterocycles. The van der Waals surface area contributed by atoms with Gasteiger partial charge in [0.25, 0.3) is 0 Å². The number of halogens is 1. The Morgan fingerprint density at radius 3 is 2.82 bits per heavy atom. The van der Waals surface area contributed by atoms with Crippen LogP contribution >= 0.6 is 0 Å².